The van der Waals surface area contributed by atoms with Crippen LogP contribution < -0.4 is 10.1 Å². The highest BCUT2D eigenvalue weighted by Gasteiger charge is 2.18. The highest BCUT2D eigenvalue weighted by Crippen LogP contribution is 2.23. The summed E-state index contributed by atoms with van der Waals surface area (Å²) in [5.41, 5.74) is 0.881. The van der Waals surface area contributed by atoms with Gasteiger partial charge in [0.15, 0.2) is 4.96 Å². The van der Waals surface area contributed by atoms with Crippen LogP contribution in [-0.2, 0) is 11.3 Å². The third kappa shape index (κ3) is 3.26. The fraction of sp³-hybridized carbons (Fsp3) is 0.615. The summed E-state index contributed by atoms with van der Waals surface area (Å²) in [5.74, 6) is 0.688. The number of hydrogen-bond acceptors (Lipinski definition) is 5. The van der Waals surface area contributed by atoms with Crippen molar-refractivity contribution >= 4 is 16.3 Å². The summed E-state index contributed by atoms with van der Waals surface area (Å²) in [6, 6.07) is 0. The van der Waals surface area contributed by atoms with Gasteiger partial charge in [-0.1, -0.05) is 0 Å². The number of imidazole rings is 1. The summed E-state index contributed by atoms with van der Waals surface area (Å²) in [7, 11) is 1.65. The molecule has 0 aromatic carbocycles. The molecule has 0 unspecified atom stereocenters. The Bertz CT molecular complexity index is 533. The summed E-state index contributed by atoms with van der Waals surface area (Å²) in [6.07, 6.45) is 2.01. The smallest absolute Gasteiger partial charge is 0.237 e. The Morgan fingerprint density at radius 2 is 2.26 bits per heavy atom. The first-order chi connectivity index (χ1) is 9.07. The third-order valence-corrected chi connectivity index (χ3v) is 3.65. The van der Waals surface area contributed by atoms with E-state index in [9.17, 15) is 0 Å². The van der Waals surface area contributed by atoms with E-state index in [2.05, 4.69) is 28.5 Å². The molecule has 6 heteroatoms. The summed E-state index contributed by atoms with van der Waals surface area (Å²) in [6.45, 7) is 8.38. The van der Waals surface area contributed by atoms with Crippen molar-refractivity contribution in [1.82, 2.24) is 14.7 Å². The van der Waals surface area contributed by atoms with E-state index in [1.807, 2.05) is 18.5 Å². The molecule has 0 saturated carbocycles. The molecule has 0 aliphatic heterocycles. The topological polar surface area (TPSA) is 47.8 Å². The van der Waals surface area contributed by atoms with Crippen LogP contribution in [0.2, 0.25) is 0 Å². The van der Waals surface area contributed by atoms with E-state index in [1.54, 1.807) is 18.4 Å². The van der Waals surface area contributed by atoms with Crippen molar-refractivity contribution in [1.29, 1.82) is 0 Å². The van der Waals surface area contributed by atoms with Crippen molar-refractivity contribution in [3.63, 3.8) is 0 Å². The summed E-state index contributed by atoms with van der Waals surface area (Å²) in [5, 5.41) is 5.43. The second-order valence-electron chi connectivity index (χ2n) is 4.92. The Kier molecular flexibility index (Phi) is 4.44. The average molecular weight is 283 g/mol. The van der Waals surface area contributed by atoms with E-state index in [0.29, 0.717) is 12.4 Å². The lowest BCUT2D eigenvalue weighted by atomic mass is 10.1. The molecule has 0 radical (unpaired) electrons. The number of methoxy groups -OCH3 is 1. The predicted molar refractivity (Wildman–Crippen MR) is 77.0 cm³/mol. The maximum Gasteiger partial charge on any atom is 0.237 e. The second-order valence-corrected chi connectivity index (χ2v) is 5.79. The van der Waals surface area contributed by atoms with E-state index in [0.717, 1.165) is 23.8 Å². The number of nitrogens with zero attached hydrogens (tertiary/aromatic N) is 2. The van der Waals surface area contributed by atoms with Crippen LogP contribution in [0, 0.1) is 0 Å². The van der Waals surface area contributed by atoms with Crippen molar-refractivity contribution in [2.75, 3.05) is 20.3 Å². The number of aromatic nitrogens is 2. The molecule has 0 spiro atoms. The van der Waals surface area contributed by atoms with Crippen LogP contribution in [0.15, 0.2) is 11.6 Å². The fourth-order valence-electron chi connectivity index (χ4n) is 2.06. The van der Waals surface area contributed by atoms with Gasteiger partial charge in [-0.3, -0.25) is 4.40 Å². The number of nitrogens with one attached hydrogen (secondary N) is 1. The number of rotatable bonds is 7. The number of ether oxygens (including phenoxy) is 2. The Balaban J connectivity index is 2.03. The molecule has 2 rings (SSSR count). The van der Waals surface area contributed by atoms with Gasteiger partial charge in [0, 0.05) is 31.3 Å². The molecule has 0 fully saturated rings. The SMILES string of the molecule is CCOC(C)(C)CNCc1c(OC)nc2sccn12. The van der Waals surface area contributed by atoms with Gasteiger partial charge in [-0.05, 0) is 20.8 Å². The Morgan fingerprint density at radius 3 is 2.95 bits per heavy atom. The zero-order valence-corrected chi connectivity index (χ0v) is 12.7. The number of fused-ring (bicyclic) bond motifs is 1. The average Bonchev–Trinajstić information content (AvgIpc) is 2.90. The van der Waals surface area contributed by atoms with Crippen LogP contribution in [0.1, 0.15) is 26.5 Å². The Labute approximate surface area is 117 Å². The first-order valence-electron chi connectivity index (χ1n) is 6.40. The van der Waals surface area contributed by atoms with E-state index in [-0.39, 0.29) is 5.60 Å². The molecular weight excluding hydrogens is 262 g/mol. The van der Waals surface area contributed by atoms with Gasteiger partial charge >= 0.3 is 0 Å². The normalized spacial score (nSPS) is 12.2. The molecule has 0 bridgehead atoms. The lowest BCUT2D eigenvalue weighted by Crippen LogP contribution is -2.37. The first kappa shape index (κ1) is 14.3. The minimum absolute atomic E-state index is 0.166. The van der Waals surface area contributed by atoms with Crippen LogP contribution in [-0.4, -0.2) is 35.2 Å². The summed E-state index contributed by atoms with van der Waals surface area (Å²) >= 11 is 1.60. The third-order valence-electron chi connectivity index (χ3n) is 2.90. The van der Waals surface area contributed by atoms with E-state index in [1.165, 1.54) is 0 Å². The zero-order valence-electron chi connectivity index (χ0n) is 11.9. The van der Waals surface area contributed by atoms with Crippen molar-refractivity contribution < 1.29 is 9.47 Å². The van der Waals surface area contributed by atoms with Crippen molar-refractivity contribution in [2.45, 2.75) is 32.9 Å². The fourth-order valence-corrected chi connectivity index (χ4v) is 2.79. The number of hydrogen-bond donors (Lipinski definition) is 1. The summed E-state index contributed by atoms with van der Waals surface area (Å²) < 4.78 is 13.0. The van der Waals surface area contributed by atoms with Gasteiger partial charge in [0.1, 0.15) is 5.69 Å². The Morgan fingerprint density at radius 1 is 1.47 bits per heavy atom. The van der Waals surface area contributed by atoms with Crippen molar-refractivity contribution in [3.05, 3.63) is 17.3 Å². The molecule has 5 nitrogen and oxygen atoms in total. The first-order valence-corrected chi connectivity index (χ1v) is 7.28. The minimum Gasteiger partial charge on any atom is -0.480 e. The van der Waals surface area contributed by atoms with Gasteiger partial charge in [0.05, 0.1) is 12.7 Å². The molecule has 0 aliphatic carbocycles. The quantitative estimate of drug-likeness (QED) is 0.847. The molecular formula is C13H21N3O2S. The van der Waals surface area contributed by atoms with E-state index >= 15 is 0 Å². The molecule has 0 aliphatic rings. The molecule has 0 amide bonds. The highest BCUT2D eigenvalue weighted by atomic mass is 32.1. The van der Waals surface area contributed by atoms with Gasteiger partial charge in [-0.25, -0.2) is 0 Å². The van der Waals surface area contributed by atoms with Gasteiger partial charge in [0.25, 0.3) is 0 Å². The molecule has 2 aromatic rings. The largest absolute Gasteiger partial charge is 0.480 e. The van der Waals surface area contributed by atoms with Gasteiger partial charge < -0.3 is 14.8 Å². The predicted octanol–water partition coefficient (Wildman–Crippen LogP) is 2.31. The molecule has 2 aromatic heterocycles. The lowest BCUT2D eigenvalue weighted by molar-refractivity contribution is -0.00905. The van der Waals surface area contributed by atoms with Crippen molar-refractivity contribution in [3.8, 4) is 5.88 Å². The number of thiazole rings is 1. The monoisotopic (exact) mass is 283 g/mol. The molecule has 2 heterocycles. The molecule has 0 atom stereocenters. The second kappa shape index (κ2) is 5.90. The standard InChI is InChI=1S/C13H21N3O2S/c1-5-18-13(2,3)9-14-8-10-11(17-4)15-12-16(10)6-7-19-12/h6-7,14H,5,8-9H2,1-4H3. The zero-order chi connectivity index (χ0) is 13.9. The molecule has 106 valence electrons. The van der Waals surface area contributed by atoms with Gasteiger partial charge in [-0.2, -0.15) is 4.98 Å². The highest BCUT2D eigenvalue weighted by molar-refractivity contribution is 7.15. The Hall–Kier alpha value is -1.11. The molecule has 1 N–H and O–H groups in total. The lowest BCUT2D eigenvalue weighted by Gasteiger charge is -2.24. The van der Waals surface area contributed by atoms with Crippen molar-refractivity contribution in [2.24, 2.45) is 0 Å². The van der Waals surface area contributed by atoms with Crippen LogP contribution >= 0.6 is 11.3 Å². The maximum atomic E-state index is 5.66. The van der Waals surface area contributed by atoms with E-state index in [4.69, 9.17) is 9.47 Å². The van der Waals surface area contributed by atoms with Gasteiger partial charge in [0.2, 0.25) is 5.88 Å². The minimum atomic E-state index is -0.166. The van der Waals surface area contributed by atoms with Crippen LogP contribution in [0.5, 0.6) is 5.88 Å². The van der Waals surface area contributed by atoms with Gasteiger partial charge in [-0.15, -0.1) is 11.3 Å². The summed E-state index contributed by atoms with van der Waals surface area (Å²) in [4.78, 5) is 5.39. The van der Waals surface area contributed by atoms with Crippen LogP contribution in [0.4, 0.5) is 0 Å². The maximum absolute atomic E-state index is 5.66. The van der Waals surface area contributed by atoms with Crippen LogP contribution in [0.25, 0.3) is 4.96 Å². The molecule has 0 saturated heterocycles. The van der Waals surface area contributed by atoms with Crippen LogP contribution in [0.3, 0.4) is 0 Å². The van der Waals surface area contributed by atoms with E-state index < -0.39 is 0 Å². The molecule has 19 heavy (non-hydrogen) atoms.